The molecule has 1 saturated carbocycles. The lowest BCUT2D eigenvalue weighted by Gasteiger charge is -2.42. The first-order valence-corrected chi connectivity index (χ1v) is 11.8. The summed E-state index contributed by atoms with van der Waals surface area (Å²) in [6.45, 7) is 8.87. The molecule has 174 valence electrons. The number of fused-ring (bicyclic) bond motifs is 1. The fourth-order valence-electron chi connectivity index (χ4n) is 4.73. The summed E-state index contributed by atoms with van der Waals surface area (Å²) in [5, 5.41) is 11.8. The zero-order valence-electron chi connectivity index (χ0n) is 19.2. The first-order chi connectivity index (χ1) is 16.0. The van der Waals surface area contributed by atoms with Crippen LogP contribution in [-0.4, -0.2) is 62.5 Å². The minimum absolute atomic E-state index is 0.123. The van der Waals surface area contributed by atoms with Crippen LogP contribution in [0, 0.1) is 11.7 Å². The molecule has 1 aliphatic carbocycles. The average Bonchev–Trinajstić information content (AvgIpc) is 3.52. The second kappa shape index (κ2) is 9.19. The van der Waals surface area contributed by atoms with Crippen LogP contribution in [0.25, 0.3) is 5.65 Å². The Labute approximate surface area is 193 Å². The maximum atomic E-state index is 13.4. The van der Waals surface area contributed by atoms with E-state index in [0.29, 0.717) is 11.6 Å². The average molecular weight is 451 g/mol. The molecule has 1 N–H and O–H groups in total. The molecule has 0 bridgehead atoms. The van der Waals surface area contributed by atoms with E-state index in [1.165, 1.54) is 25.0 Å². The SMILES string of the molecule is CC(C)N1CCN(CC2CC2)C[C@H]1c1nnc2ccc(C(=O)NCc3cccc(F)c3)cn12. The lowest BCUT2D eigenvalue weighted by Crippen LogP contribution is -2.51. The van der Waals surface area contributed by atoms with Crippen molar-refractivity contribution in [3.05, 3.63) is 65.4 Å². The van der Waals surface area contributed by atoms with E-state index in [2.05, 4.69) is 39.2 Å². The van der Waals surface area contributed by atoms with Gasteiger partial charge in [0.25, 0.3) is 5.91 Å². The number of nitrogens with zero attached hydrogens (tertiary/aromatic N) is 5. The second-order valence-electron chi connectivity index (χ2n) is 9.57. The zero-order chi connectivity index (χ0) is 22.9. The van der Waals surface area contributed by atoms with Crippen molar-refractivity contribution in [3.63, 3.8) is 0 Å². The molecular weight excluding hydrogens is 419 g/mol. The number of hydrogen-bond acceptors (Lipinski definition) is 5. The van der Waals surface area contributed by atoms with Gasteiger partial charge in [0.1, 0.15) is 5.82 Å². The Morgan fingerprint density at radius 2 is 2.03 bits per heavy atom. The Morgan fingerprint density at radius 1 is 1.18 bits per heavy atom. The van der Waals surface area contributed by atoms with E-state index in [1.807, 2.05) is 16.7 Å². The quantitative estimate of drug-likeness (QED) is 0.599. The Morgan fingerprint density at radius 3 is 2.79 bits per heavy atom. The van der Waals surface area contributed by atoms with E-state index in [-0.39, 0.29) is 24.3 Å². The molecule has 1 saturated heterocycles. The third-order valence-corrected chi connectivity index (χ3v) is 6.71. The number of nitrogens with one attached hydrogen (secondary N) is 1. The summed E-state index contributed by atoms with van der Waals surface area (Å²) in [5.41, 5.74) is 1.98. The number of piperazine rings is 1. The van der Waals surface area contributed by atoms with Crippen LogP contribution < -0.4 is 5.32 Å². The second-order valence-corrected chi connectivity index (χ2v) is 9.57. The predicted octanol–water partition coefficient (Wildman–Crippen LogP) is 3.28. The van der Waals surface area contributed by atoms with Crippen molar-refractivity contribution < 1.29 is 9.18 Å². The highest BCUT2D eigenvalue weighted by atomic mass is 19.1. The molecule has 1 aliphatic heterocycles. The van der Waals surface area contributed by atoms with Crippen LogP contribution in [0.5, 0.6) is 0 Å². The topological polar surface area (TPSA) is 65.8 Å². The molecule has 7 nitrogen and oxygen atoms in total. The molecule has 1 amide bonds. The van der Waals surface area contributed by atoms with Crippen LogP contribution in [0.1, 0.15) is 54.5 Å². The Hall–Kier alpha value is -2.84. The van der Waals surface area contributed by atoms with Crippen molar-refractivity contribution in [1.82, 2.24) is 29.7 Å². The van der Waals surface area contributed by atoms with Crippen molar-refractivity contribution in [3.8, 4) is 0 Å². The van der Waals surface area contributed by atoms with E-state index in [9.17, 15) is 9.18 Å². The summed E-state index contributed by atoms with van der Waals surface area (Å²) in [6, 6.07) is 10.4. The number of carbonyl (C=O) groups excluding carboxylic acids is 1. The van der Waals surface area contributed by atoms with Gasteiger partial charge in [-0.3, -0.25) is 19.0 Å². The number of aromatic nitrogens is 3. The first kappa shape index (κ1) is 22.0. The van der Waals surface area contributed by atoms with Crippen LogP contribution in [-0.2, 0) is 6.54 Å². The summed E-state index contributed by atoms with van der Waals surface area (Å²) >= 11 is 0. The van der Waals surface area contributed by atoms with Gasteiger partial charge in [-0.15, -0.1) is 10.2 Å². The van der Waals surface area contributed by atoms with Gasteiger partial charge < -0.3 is 5.32 Å². The van der Waals surface area contributed by atoms with Crippen LogP contribution in [0.4, 0.5) is 4.39 Å². The van der Waals surface area contributed by atoms with E-state index >= 15 is 0 Å². The molecular formula is C25H31FN6O. The van der Waals surface area contributed by atoms with E-state index in [1.54, 1.807) is 18.2 Å². The van der Waals surface area contributed by atoms with Gasteiger partial charge in [0, 0.05) is 45.0 Å². The molecule has 3 heterocycles. The van der Waals surface area contributed by atoms with E-state index < -0.39 is 0 Å². The monoisotopic (exact) mass is 450 g/mol. The maximum absolute atomic E-state index is 13.4. The van der Waals surface area contributed by atoms with Crippen LogP contribution in [0.2, 0.25) is 0 Å². The van der Waals surface area contributed by atoms with Gasteiger partial charge in [-0.05, 0) is 62.4 Å². The lowest BCUT2D eigenvalue weighted by atomic mass is 10.1. The molecule has 8 heteroatoms. The normalized spacial score (nSPS) is 19.9. The molecule has 2 aliphatic rings. The number of halogens is 1. The highest BCUT2D eigenvalue weighted by Gasteiger charge is 2.35. The summed E-state index contributed by atoms with van der Waals surface area (Å²) in [7, 11) is 0. The highest BCUT2D eigenvalue weighted by molar-refractivity contribution is 5.94. The van der Waals surface area contributed by atoms with Crippen molar-refractivity contribution in [2.45, 2.75) is 45.3 Å². The minimum atomic E-state index is -0.310. The largest absolute Gasteiger partial charge is 0.348 e. The molecule has 0 spiro atoms. The number of benzene rings is 1. The lowest BCUT2D eigenvalue weighted by molar-refractivity contribution is 0.0437. The van der Waals surface area contributed by atoms with Crippen molar-refractivity contribution in [1.29, 1.82) is 0 Å². The molecule has 0 unspecified atom stereocenters. The maximum Gasteiger partial charge on any atom is 0.253 e. The molecule has 0 radical (unpaired) electrons. The molecule has 3 aromatic rings. The Bertz CT molecular complexity index is 1140. The standard InChI is InChI=1S/C25H31FN6O/c1-17(2)31-11-10-30(14-18-6-7-18)16-22(31)24-29-28-23-9-8-20(15-32(23)24)25(33)27-13-19-4-3-5-21(26)12-19/h3-5,8-9,12,15,17-18,22H,6-7,10-11,13-14,16H2,1-2H3,(H,27,33)/t22-/m0/s1. The summed E-state index contributed by atoms with van der Waals surface area (Å²) in [5.74, 6) is 1.20. The molecule has 1 atom stereocenters. The first-order valence-electron chi connectivity index (χ1n) is 11.8. The van der Waals surface area contributed by atoms with E-state index in [0.717, 1.165) is 49.1 Å². The van der Waals surface area contributed by atoms with Gasteiger partial charge in [-0.25, -0.2) is 4.39 Å². The van der Waals surface area contributed by atoms with Gasteiger partial charge in [0.15, 0.2) is 11.5 Å². The number of carbonyl (C=O) groups is 1. The number of hydrogen-bond donors (Lipinski definition) is 1. The molecule has 2 aromatic heterocycles. The molecule has 1 aromatic carbocycles. The summed E-state index contributed by atoms with van der Waals surface area (Å²) in [6.07, 6.45) is 4.51. The van der Waals surface area contributed by atoms with Crippen molar-refractivity contribution >= 4 is 11.6 Å². The zero-order valence-corrected chi connectivity index (χ0v) is 19.2. The van der Waals surface area contributed by atoms with Crippen molar-refractivity contribution in [2.24, 2.45) is 5.92 Å². The van der Waals surface area contributed by atoms with Gasteiger partial charge in [-0.1, -0.05) is 12.1 Å². The number of rotatable bonds is 7. The highest BCUT2D eigenvalue weighted by Crippen LogP contribution is 2.33. The fourth-order valence-corrected chi connectivity index (χ4v) is 4.73. The smallest absolute Gasteiger partial charge is 0.253 e. The number of pyridine rings is 1. The number of amides is 1. The molecule has 5 rings (SSSR count). The summed E-state index contributed by atoms with van der Waals surface area (Å²) < 4.78 is 15.4. The van der Waals surface area contributed by atoms with Crippen LogP contribution in [0.15, 0.2) is 42.6 Å². The van der Waals surface area contributed by atoms with Crippen LogP contribution in [0.3, 0.4) is 0 Å². The van der Waals surface area contributed by atoms with Gasteiger partial charge in [-0.2, -0.15) is 0 Å². The predicted molar refractivity (Wildman–Crippen MR) is 124 cm³/mol. The van der Waals surface area contributed by atoms with Gasteiger partial charge in [0.05, 0.1) is 11.6 Å². The third-order valence-electron chi connectivity index (χ3n) is 6.71. The minimum Gasteiger partial charge on any atom is -0.348 e. The molecule has 2 fully saturated rings. The fraction of sp³-hybridized carbons (Fsp3) is 0.480. The van der Waals surface area contributed by atoms with E-state index in [4.69, 9.17) is 0 Å². The van der Waals surface area contributed by atoms with Crippen molar-refractivity contribution in [2.75, 3.05) is 26.2 Å². The van der Waals surface area contributed by atoms with Gasteiger partial charge >= 0.3 is 0 Å². The van der Waals surface area contributed by atoms with Crippen LogP contribution >= 0.6 is 0 Å². The molecule has 33 heavy (non-hydrogen) atoms. The third kappa shape index (κ3) is 4.91. The Balaban J connectivity index is 1.37. The Kier molecular flexibility index (Phi) is 6.12. The summed E-state index contributed by atoms with van der Waals surface area (Å²) in [4.78, 5) is 17.9. The van der Waals surface area contributed by atoms with Gasteiger partial charge in [0.2, 0.25) is 0 Å².